The highest BCUT2D eigenvalue weighted by Gasteiger charge is 2.42. The van der Waals surface area contributed by atoms with E-state index in [1.807, 2.05) is 0 Å². The molecule has 0 amide bonds. The fraction of sp³-hybridized carbons (Fsp3) is 0.647. The zero-order valence-corrected chi connectivity index (χ0v) is 11.5. The van der Waals surface area contributed by atoms with Crippen LogP contribution in [0.25, 0.3) is 0 Å². The minimum Gasteiger partial charge on any atom is -0.330 e. The molecule has 2 saturated carbocycles. The van der Waals surface area contributed by atoms with Crippen molar-refractivity contribution in [2.75, 3.05) is 6.54 Å². The van der Waals surface area contributed by atoms with E-state index in [0.717, 1.165) is 18.4 Å². The average molecular weight is 243 g/mol. The number of hydrogen-bond acceptors (Lipinski definition) is 1. The topological polar surface area (TPSA) is 26.0 Å². The second-order valence-electron chi connectivity index (χ2n) is 6.57. The van der Waals surface area contributed by atoms with Crippen molar-refractivity contribution in [3.05, 3.63) is 35.4 Å². The molecule has 98 valence electrons. The number of hydrogen-bond donors (Lipinski definition) is 1. The third-order valence-corrected chi connectivity index (χ3v) is 5.23. The monoisotopic (exact) mass is 243 g/mol. The van der Waals surface area contributed by atoms with E-state index in [9.17, 15) is 0 Å². The maximum atomic E-state index is 5.95. The van der Waals surface area contributed by atoms with Crippen LogP contribution in [-0.4, -0.2) is 6.54 Å². The molecule has 0 saturated heterocycles. The molecule has 0 radical (unpaired) electrons. The van der Waals surface area contributed by atoms with E-state index in [0.29, 0.717) is 5.41 Å². The summed E-state index contributed by atoms with van der Waals surface area (Å²) in [7, 11) is 0. The summed E-state index contributed by atoms with van der Waals surface area (Å²) >= 11 is 0. The molecule has 0 aliphatic heterocycles. The van der Waals surface area contributed by atoms with Gasteiger partial charge in [0.1, 0.15) is 0 Å². The van der Waals surface area contributed by atoms with Gasteiger partial charge in [0, 0.05) is 12.0 Å². The summed E-state index contributed by atoms with van der Waals surface area (Å²) in [6.45, 7) is 3.21. The summed E-state index contributed by atoms with van der Waals surface area (Å²) in [4.78, 5) is 0. The van der Waals surface area contributed by atoms with Crippen molar-refractivity contribution < 1.29 is 0 Å². The third kappa shape index (κ3) is 2.21. The second kappa shape index (κ2) is 4.70. The van der Waals surface area contributed by atoms with Crippen LogP contribution >= 0.6 is 0 Å². The van der Waals surface area contributed by atoms with Crippen molar-refractivity contribution in [1.82, 2.24) is 0 Å². The van der Waals surface area contributed by atoms with Crippen LogP contribution in [0.5, 0.6) is 0 Å². The lowest BCUT2D eigenvalue weighted by atomic mass is 9.78. The van der Waals surface area contributed by atoms with Gasteiger partial charge in [-0.1, -0.05) is 44.0 Å². The minimum absolute atomic E-state index is 0.345. The van der Waals surface area contributed by atoms with Crippen molar-refractivity contribution in [3.8, 4) is 0 Å². The van der Waals surface area contributed by atoms with E-state index in [2.05, 4.69) is 31.2 Å². The highest BCUT2D eigenvalue weighted by atomic mass is 14.7. The summed E-state index contributed by atoms with van der Waals surface area (Å²) in [5.41, 5.74) is 9.36. The van der Waals surface area contributed by atoms with E-state index in [-0.39, 0.29) is 0 Å². The molecule has 0 unspecified atom stereocenters. The largest absolute Gasteiger partial charge is 0.330 e. The minimum atomic E-state index is 0.345. The summed E-state index contributed by atoms with van der Waals surface area (Å²) in [6.07, 6.45) is 8.12. The lowest BCUT2D eigenvalue weighted by Crippen LogP contribution is -2.20. The first kappa shape index (κ1) is 12.2. The maximum absolute atomic E-state index is 5.95. The van der Waals surface area contributed by atoms with Gasteiger partial charge >= 0.3 is 0 Å². The predicted molar refractivity (Wildman–Crippen MR) is 76.8 cm³/mol. The van der Waals surface area contributed by atoms with Gasteiger partial charge in [0.25, 0.3) is 0 Å². The van der Waals surface area contributed by atoms with Gasteiger partial charge in [0.05, 0.1) is 0 Å². The molecule has 2 aliphatic carbocycles. The third-order valence-electron chi connectivity index (χ3n) is 5.23. The quantitative estimate of drug-likeness (QED) is 0.854. The fourth-order valence-electron chi connectivity index (χ4n) is 3.48. The van der Waals surface area contributed by atoms with Gasteiger partial charge in [-0.25, -0.2) is 0 Å². The highest BCUT2D eigenvalue weighted by Crippen LogP contribution is 2.48. The maximum Gasteiger partial charge on any atom is 0.00763 e. The predicted octanol–water partition coefficient (Wildman–Crippen LogP) is 3.97. The first-order valence-corrected chi connectivity index (χ1v) is 7.54. The van der Waals surface area contributed by atoms with Gasteiger partial charge < -0.3 is 5.73 Å². The molecule has 0 bridgehead atoms. The second-order valence-corrected chi connectivity index (χ2v) is 6.57. The molecular weight excluding hydrogens is 218 g/mol. The Kier molecular flexibility index (Phi) is 3.19. The molecule has 1 heteroatoms. The SMILES string of the molecule is CC1CCC(c2cccc(C3(CN)CC3)c2)CC1. The zero-order valence-electron chi connectivity index (χ0n) is 11.5. The smallest absolute Gasteiger partial charge is 0.00763 e. The Morgan fingerprint density at radius 1 is 1.17 bits per heavy atom. The number of rotatable bonds is 3. The van der Waals surface area contributed by atoms with Crippen LogP contribution in [0.1, 0.15) is 62.5 Å². The molecule has 1 aromatic rings. The fourth-order valence-corrected chi connectivity index (χ4v) is 3.48. The lowest BCUT2D eigenvalue weighted by molar-refractivity contribution is 0.348. The van der Waals surface area contributed by atoms with Crippen molar-refractivity contribution >= 4 is 0 Å². The van der Waals surface area contributed by atoms with Crippen LogP contribution < -0.4 is 5.73 Å². The number of nitrogens with two attached hydrogens (primary N) is 1. The summed E-state index contributed by atoms with van der Waals surface area (Å²) in [5.74, 6) is 1.73. The van der Waals surface area contributed by atoms with Crippen molar-refractivity contribution in [3.63, 3.8) is 0 Å². The van der Waals surface area contributed by atoms with Gasteiger partial charge in [-0.15, -0.1) is 0 Å². The normalized spacial score (nSPS) is 30.1. The standard InChI is InChI=1S/C17H25N/c1-13-5-7-14(8-6-13)15-3-2-4-16(11-15)17(12-18)9-10-17/h2-4,11,13-14H,5-10,12,18H2,1H3. The van der Waals surface area contributed by atoms with Gasteiger partial charge in [0.15, 0.2) is 0 Å². The van der Waals surface area contributed by atoms with Crippen LogP contribution in [0.2, 0.25) is 0 Å². The Bertz CT molecular complexity index is 411. The summed E-state index contributed by atoms with van der Waals surface area (Å²) < 4.78 is 0. The van der Waals surface area contributed by atoms with E-state index in [1.54, 1.807) is 5.56 Å². The Morgan fingerprint density at radius 2 is 1.89 bits per heavy atom. The van der Waals surface area contributed by atoms with Gasteiger partial charge in [0.2, 0.25) is 0 Å². The molecule has 1 aromatic carbocycles. The van der Waals surface area contributed by atoms with E-state index < -0.39 is 0 Å². The van der Waals surface area contributed by atoms with Crippen LogP contribution in [0.15, 0.2) is 24.3 Å². The van der Waals surface area contributed by atoms with Gasteiger partial charge in [-0.3, -0.25) is 0 Å². The summed E-state index contributed by atoms with van der Waals surface area (Å²) in [6, 6.07) is 9.32. The van der Waals surface area contributed by atoms with E-state index in [4.69, 9.17) is 5.73 Å². The molecule has 1 nitrogen and oxygen atoms in total. The summed E-state index contributed by atoms with van der Waals surface area (Å²) in [5, 5.41) is 0. The van der Waals surface area contributed by atoms with Crippen molar-refractivity contribution in [2.24, 2.45) is 11.7 Å². The van der Waals surface area contributed by atoms with Gasteiger partial charge in [-0.2, -0.15) is 0 Å². The molecule has 3 rings (SSSR count). The molecular formula is C17H25N. The Labute approximate surface area is 111 Å². The average Bonchev–Trinajstić information content (AvgIpc) is 3.21. The molecule has 0 heterocycles. The Morgan fingerprint density at radius 3 is 2.50 bits per heavy atom. The molecule has 2 aliphatic rings. The highest BCUT2D eigenvalue weighted by molar-refractivity contribution is 5.36. The Hall–Kier alpha value is -0.820. The van der Waals surface area contributed by atoms with Crippen molar-refractivity contribution in [1.29, 1.82) is 0 Å². The van der Waals surface area contributed by atoms with Crippen LogP contribution in [0.4, 0.5) is 0 Å². The zero-order chi connectivity index (χ0) is 12.6. The van der Waals surface area contributed by atoms with E-state index >= 15 is 0 Å². The Balaban J connectivity index is 1.79. The van der Waals surface area contributed by atoms with Crippen LogP contribution in [0, 0.1) is 5.92 Å². The number of benzene rings is 1. The molecule has 0 atom stereocenters. The molecule has 18 heavy (non-hydrogen) atoms. The molecule has 0 spiro atoms. The van der Waals surface area contributed by atoms with Crippen LogP contribution in [-0.2, 0) is 5.41 Å². The first-order chi connectivity index (χ1) is 8.73. The first-order valence-electron chi connectivity index (χ1n) is 7.54. The lowest BCUT2D eigenvalue weighted by Gasteiger charge is -2.27. The molecule has 2 fully saturated rings. The molecule has 2 N–H and O–H groups in total. The van der Waals surface area contributed by atoms with E-state index in [1.165, 1.54) is 44.1 Å². The van der Waals surface area contributed by atoms with Gasteiger partial charge in [-0.05, 0) is 48.6 Å². The van der Waals surface area contributed by atoms with Crippen molar-refractivity contribution in [2.45, 2.75) is 56.8 Å². The molecule has 0 aromatic heterocycles. The van der Waals surface area contributed by atoms with Crippen LogP contribution in [0.3, 0.4) is 0 Å².